The van der Waals surface area contributed by atoms with E-state index in [9.17, 15) is 41.3 Å². The molecule has 22 heavy (non-hydrogen) atoms. The Balaban J connectivity index is 3.85. The van der Waals surface area contributed by atoms with Crippen molar-refractivity contribution in [3.8, 4) is 0 Å². The maximum atomic E-state index is 13.0. The van der Waals surface area contributed by atoms with E-state index >= 15 is 0 Å². The van der Waals surface area contributed by atoms with Gasteiger partial charge in [-0.3, -0.25) is 10.1 Å². The number of halogens is 6. The summed E-state index contributed by atoms with van der Waals surface area (Å²) in [5.41, 5.74) is -8.21. The van der Waals surface area contributed by atoms with Crippen LogP contribution in [0, 0.1) is 10.1 Å². The predicted molar refractivity (Wildman–Crippen MR) is 59.1 cm³/mol. The average molecular weight is 331 g/mol. The second kappa shape index (κ2) is 5.81. The summed E-state index contributed by atoms with van der Waals surface area (Å²) in [5, 5.41) is 10.6. The van der Waals surface area contributed by atoms with Crippen LogP contribution >= 0.6 is 0 Å². The van der Waals surface area contributed by atoms with E-state index in [0.29, 0.717) is 0 Å². The number of esters is 1. The van der Waals surface area contributed by atoms with Gasteiger partial charge in [0.1, 0.15) is 5.56 Å². The minimum atomic E-state index is -5.68. The second-order valence-corrected chi connectivity index (χ2v) is 3.86. The van der Waals surface area contributed by atoms with Crippen molar-refractivity contribution in [1.82, 2.24) is 0 Å². The van der Waals surface area contributed by atoms with Crippen molar-refractivity contribution in [1.29, 1.82) is 0 Å². The zero-order valence-electron chi connectivity index (χ0n) is 10.7. The van der Waals surface area contributed by atoms with E-state index < -0.39 is 45.6 Å². The molecule has 5 nitrogen and oxygen atoms in total. The molecule has 0 unspecified atom stereocenters. The van der Waals surface area contributed by atoms with Gasteiger partial charge < -0.3 is 4.74 Å². The fourth-order valence-electron chi connectivity index (χ4n) is 1.70. The maximum Gasteiger partial charge on any atom is 0.423 e. The number of alkyl halides is 6. The van der Waals surface area contributed by atoms with Crippen LogP contribution < -0.4 is 0 Å². The topological polar surface area (TPSA) is 69.4 Å². The molecule has 0 fully saturated rings. The predicted octanol–water partition coefficient (Wildman–Crippen LogP) is 3.81. The highest BCUT2D eigenvalue weighted by Crippen LogP contribution is 2.46. The fourth-order valence-corrected chi connectivity index (χ4v) is 1.70. The lowest BCUT2D eigenvalue weighted by molar-refractivity contribution is -0.388. The lowest BCUT2D eigenvalue weighted by Crippen LogP contribution is -2.23. The van der Waals surface area contributed by atoms with E-state index in [1.165, 1.54) is 6.92 Å². The number of nitro groups is 1. The molecule has 0 saturated heterocycles. The Morgan fingerprint density at radius 2 is 1.64 bits per heavy atom. The number of carbonyl (C=O) groups excluding carboxylic acids is 1. The summed E-state index contributed by atoms with van der Waals surface area (Å²) >= 11 is 0. The van der Waals surface area contributed by atoms with E-state index in [1.54, 1.807) is 0 Å². The highest BCUT2D eigenvalue weighted by molar-refractivity contribution is 5.92. The van der Waals surface area contributed by atoms with Gasteiger partial charge in [0, 0.05) is 6.07 Å². The van der Waals surface area contributed by atoms with Gasteiger partial charge in [-0.05, 0) is 13.0 Å². The molecule has 1 aromatic carbocycles. The molecule has 1 rings (SSSR count). The van der Waals surface area contributed by atoms with E-state index in [2.05, 4.69) is 4.74 Å². The first-order valence-corrected chi connectivity index (χ1v) is 5.54. The minimum Gasteiger partial charge on any atom is -0.462 e. The molecule has 0 atom stereocenters. The van der Waals surface area contributed by atoms with E-state index in [4.69, 9.17) is 0 Å². The number of nitro benzene ring substituents is 1. The summed E-state index contributed by atoms with van der Waals surface area (Å²) in [4.78, 5) is 20.4. The number of ether oxygens (including phenoxy) is 1. The third-order valence-electron chi connectivity index (χ3n) is 2.44. The molecule has 0 aliphatic heterocycles. The van der Waals surface area contributed by atoms with Crippen molar-refractivity contribution in [2.75, 3.05) is 6.61 Å². The van der Waals surface area contributed by atoms with Crippen molar-refractivity contribution < 1.29 is 40.8 Å². The Bertz CT molecular complexity index is 608. The fraction of sp³-hybridized carbons (Fsp3) is 0.364. The Kier molecular flexibility index (Phi) is 4.68. The molecule has 0 heterocycles. The third-order valence-corrected chi connectivity index (χ3v) is 2.44. The first-order valence-electron chi connectivity index (χ1n) is 5.54. The summed E-state index contributed by atoms with van der Waals surface area (Å²) in [5.74, 6) is -1.66. The van der Waals surface area contributed by atoms with E-state index in [-0.39, 0.29) is 18.7 Å². The van der Waals surface area contributed by atoms with E-state index in [0.717, 1.165) is 0 Å². The van der Waals surface area contributed by atoms with Crippen LogP contribution in [0.1, 0.15) is 28.4 Å². The van der Waals surface area contributed by atoms with Crippen LogP contribution in [0.2, 0.25) is 0 Å². The van der Waals surface area contributed by atoms with Gasteiger partial charge in [-0.1, -0.05) is 0 Å². The van der Waals surface area contributed by atoms with Crippen molar-refractivity contribution in [3.05, 3.63) is 38.9 Å². The van der Waals surface area contributed by atoms with Crippen molar-refractivity contribution in [2.45, 2.75) is 19.3 Å². The number of rotatable bonds is 3. The van der Waals surface area contributed by atoms with Gasteiger partial charge in [-0.2, -0.15) is 26.3 Å². The summed E-state index contributed by atoms with van der Waals surface area (Å²) in [6.07, 6.45) is -11.3. The number of hydrogen-bond donors (Lipinski definition) is 0. The SMILES string of the molecule is CCOC(=O)c1ccc([N+](=O)[O-])c(C(F)(F)F)c1C(F)(F)F. The number of benzene rings is 1. The minimum absolute atomic E-state index is 0.185. The van der Waals surface area contributed by atoms with Crippen LogP contribution in [0.5, 0.6) is 0 Å². The van der Waals surface area contributed by atoms with E-state index in [1.807, 2.05) is 0 Å². The van der Waals surface area contributed by atoms with Crippen molar-refractivity contribution >= 4 is 11.7 Å². The van der Waals surface area contributed by atoms with Crippen molar-refractivity contribution in [3.63, 3.8) is 0 Å². The molecule has 0 N–H and O–H groups in total. The molecule has 0 radical (unpaired) electrons. The summed E-state index contributed by atoms with van der Waals surface area (Å²) in [6, 6.07) is 0.471. The van der Waals surface area contributed by atoms with Crippen LogP contribution in [0.3, 0.4) is 0 Å². The third kappa shape index (κ3) is 3.46. The van der Waals surface area contributed by atoms with Crippen LogP contribution in [0.15, 0.2) is 12.1 Å². The van der Waals surface area contributed by atoms with Crippen LogP contribution in [0.4, 0.5) is 32.0 Å². The molecular formula is C11H7F6NO4. The molecule has 0 amide bonds. The quantitative estimate of drug-likeness (QED) is 0.365. The van der Waals surface area contributed by atoms with Gasteiger partial charge in [0.05, 0.1) is 22.7 Å². The molecule has 0 bridgehead atoms. The van der Waals surface area contributed by atoms with Gasteiger partial charge in [0.2, 0.25) is 0 Å². The lowest BCUT2D eigenvalue weighted by Gasteiger charge is -2.18. The van der Waals surface area contributed by atoms with Crippen LogP contribution in [0.25, 0.3) is 0 Å². The normalized spacial score (nSPS) is 12.1. The second-order valence-electron chi connectivity index (χ2n) is 3.86. The Morgan fingerprint density at radius 1 is 1.14 bits per heavy atom. The molecule has 1 aromatic rings. The standard InChI is InChI=1S/C11H7F6NO4/c1-2-22-9(19)5-3-4-6(18(20)21)8(11(15,16)17)7(5)10(12,13)14/h3-4H,2H2,1H3. The monoisotopic (exact) mass is 331 g/mol. The molecular weight excluding hydrogens is 324 g/mol. The molecule has 0 aliphatic carbocycles. The first kappa shape index (κ1) is 17.7. The van der Waals surface area contributed by atoms with Crippen molar-refractivity contribution in [2.24, 2.45) is 0 Å². The number of hydrogen-bond acceptors (Lipinski definition) is 4. The molecule has 0 saturated carbocycles. The molecule has 0 aliphatic rings. The van der Waals surface area contributed by atoms with Crippen LogP contribution in [-0.2, 0) is 17.1 Å². The summed E-state index contributed by atoms with van der Waals surface area (Å²) in [7, 11) is 0. The smallest absolute Gasteiger partial charge is 0.423 e. The molecule has 0 aromatic heterocycles. The zero-order valence-corrected chi connectivity index (χ0v) is 10.7. The van der Waals surface area contributed by atoms with Gasteiger partial charge in [0.25, 0.3) is 5.69 Å². The van der Waals surface area contributed by atoms with Gasteiger partial charge in [-0.25, -0.2) is 4.79 Å². The lowest BCUT2D eigenvalue weighted by atomic mass is 9.98. The largest absolute Gasteiger partial charge is 0.462 e. The Morgan fingerprint density at radius 3 is 2.00 bits per heavy atom. The number of carbonyl (C=O) groups is 1. The maximum absolute atomic E-state index is 13.0. The number of nitrogens with zero attached hydrogens (tertiary/aromatic N) is 1. The van der Waals surface area contributed by atoms with Gasteiger partial charge in [0.15, 0.2) is 0 Å². The Hall–Kier alpha value is -2.33. The summed E-state index contributed by atoms with van der Waals surface area (Å²) in [6.45, 7) is 0.857. The molecule has 122 valence electrons. The molecule has 0 spiro atoms. The summed E-state index contributed by atoms with van der Waals surface area (Å²) < 4.78 is 81.7. The zero-order chi connectivity index (χ0) is 17.3. The average Bonchev–Trinajstić information content (AvgIpc) is 2.35. The first-order chi connectivity index (χ1) is 9.91. The van der Waals surface area contributed by atoms with Crippen LogP contribution in [-0.4, -0.2) is 17.5 Å². The highest BCUT2D eigenvalue weighted by atomic mass is 19.4. The molecule has 11 heteroatoms. The van der Waals surface area contributed by atoms with Gasteiger partial charge in [-0.15, -0.1) is 0 Å². The highest BCUT2D eigenvalue weighted by Gasteiger charge is 2.50. The Labute approximate surface area is 118 Å². The van der Waals surface area contributed by atoms with Gasteiger partial charge >= 0.3 is 18.3 Å².